The molecule has 0 unspecified atom stereocenters. The lowest BCUT2D eigenvalue weighted by Crippen LogP contribution is -2.03. The van der Waals surface area contributed by atoms with Gasteiger partial charge in [0.2, 0.25) is 0 Å². The second-order valence-corrected chi connectivity index (χ2v) is 5.37. The number of ether oxygens (including phenoxy) is 1. The monoisotopic (exact) mass is 292 g/mol. The first-order chi connectivity index (χ1) is 9.43. The van der Waals surface area contributed by atoms with Crippen LogP contribution in [0.1, 0.15) is 20.9 Å². The average molecular weight is 292 g/mol. The molecule has 0 saturated heterocycles. The molecule has 0 aliphatic rings. The molecule has 7 heteroatoms. The van der Waals surface area contributed by atoms with Crippen LogP contribution in [0, 0.1) is 24.0 Å². The minimum absolute atomic E-state index is 0.00179. The minimum Gasteiger partial charge on any atom is -0.464 e. The zero-order chi connectivity index (χ0) is 14.9. The molecule has 2 rings (SSSR count). The fraction of sp³-hybridized carbons (Fsp3) is 0.231. The molecule has 20 heavy (non-hydrogen) atoms. The maximum Gasteiger partial charge on any atom is 0.357 e. The van der Waals surface area contributed by atoms with Crippen molar-refractivity contribution in [3.8, 4) is 10.6 Å². The molecule has 1 heterocycles. The van der Waals surface area contributed by atoms with Crippen molar-refractivity contribution in [1.29, 1.82) is 0 Å². The molecule has 0 aliphatic carbocycles. The Kier molecular flexibility index (Phi) is 3.80. The third-order valence-electron chi connectivity index (χ3n) is 2.84. The SMILES string of the molecule is COC(=O)c1nc(-c2cc([N+](=O)[O-])ccc2C)sc1C. The van der Waals surface area contributed by atoms with E-state index in [9.17, 15) is 14.9 Å². The van der Waals surface area contributed by atoms with E-state index in [1.54, 1.807) is 13.0 Å². The summed E-state index contributed by atoms with van der Waals surface area (Å²) in [5.41, 5.74) is 1.76. The van der Waals surface area contributed by atoms with E-state index in [1.165, 1.54) is 30.6 Å². The second-order valence-electron chi connectivity index (χ2n) is 4.17. The lowest BCUT2D eigenvalue weighted by molar-refractivity contribution is -0.384. The molecule has 0 aliphatic heterocycles. The normalized spacial score (nSPS) is 10.3. The van der Waals surface area contributed by atoms with Gasteiger partial charge in [0.1, 0.15) is 5.01 Å². The Morgan fingerprint density at radius 3 is 2.70 bits per heavy atom. The molecule has 0 atom stereocenters. The molecule has 0 radical (unpaired) electrons. The molecule has 0 saturated carbocycles. The van der Waals surface area contributed by atoms with Gasteiger partial charge >= 0.3 is 5.97 Å². The van der Waals surface area contributed by atoms with Crippen molar-refractivity contribution in [1.82, 2.24) is 4.98 Å². The first-order valence-electron chi connectivity index (χ1n) is 5.75. The van der Waals surface area contributed by atoms with Crippen molar-refractivity contribution in [2.24, 2.45) is 0 Å². The molecule has 0 spiro atoms. The van der Waals surface area contributed by atoms with Crippen molar-refractivity contribution < 1.29 is 14.5 Å². The number of nitrogens with zero attached hydrogens (tertiary/aromatic N) is 2. The Hall–Kier alpha value is -2.28. The van der Waals surface area contributed by atoms with E-state index in [0.29, 0.717) is 10.6 Å². The largest absolute Gasteiger partial charge is 0.464 e. The number of hydrogen-bond acceptors (Lipinski definition) is 6. The van der Waals surface area contributed by atoms with E-state index in [4.69, 9.17) is 0 Å². The van der Waals surface area contributed by atoms with Gasteiger partial charge in [0.25, 0.3) is 5.69 Å². The quantitative estimate of drug-likeness (QED) is 0.493. The average Bonchev–Trinajstić information content (AvgIpc) is 2.80. The fourth-order valence-corrected chi connectivity index (χ4v) is 2.73. The number of methoxy groups -OCH3 is 1. The van der Waals surface area contributed by atoms with Crippen LogP contribution in [0.5, 0.6) is 0 Å². The van der Waals surface area contributed by atoms with Crippen LogP contribution in [0.15, 0.2) is 18.2 Å². The van der Waals surface area contributed by atoms with Crippen molar-refractivity contribution in [3.05, 3.63) is 44.4 Å². The van der Waals surface area contributed by atoms with Gasteiger partial charge < -0.3 is 4.74 Å². The fourth-order valence-electron chi connectivity index (χ4n) is 1.75. The van der Waals surface area contributed by atoms with Gasteiger partial charge in [-0.1, -0.05) is 6.07 Å². The summed E-state index contributed by atoms with van der Waals surface area (Å²) in [6, 6.07) is 4.58. The summed E-state index contributed by atoms with van der Waals surface area (Å²) in [5, 5.41) is 11.4. The van der Waals surface area contributed by atoms with E-state index >= 15 is 0 Å². The van der Waals surface area contributed by atoms with Crippen molar-refractivity contribution >= 4 is 23.0 Å². The first-order valence-corrected chi connectivity index (χ1v) is 6.57. The standard InChI is InChI=1S/C13H12N2O4S/c1-7-4-5-9(15(17)18)6-10(7)12-14-11(8(2)20-12)13(16)19-3/h4-6H,1-3H3. The number of nitro benzene ring substituents is 1. The predicted octanol–water partition coefficient (Wildman–Crippen LogP) is 3.12. The Morgan fingerprint density at radius 1 is 1.40 bits per heavy atom. The van der Waals surface area contributed by atoms with E-state index in [2.05, 4.69) is 9.72 Å². The Morgan fingerprint density at radius 2 is 2.10 bits per heavy atom. The van der Waals surface area contributed by atoms with Crippen LogP contribution in [0.2, 0.25) is 0 Å². The van der Waals surface area contributed by atoms with Gasteiger partial charge in [-0.3, -0.25) is 10.1 Å². The molecule has 0 fully saturated rings. The number of hydrogen-bond donors (Lipinski definition) is 0. The summed E-state index contributed by atoms with van der Waals surface area (Å²) in [7, 11) is 1.29. The highest BCUT2D eigenvalue weighted by Gasteiger charge is 2.19. The summed E-state index contributed by atoms with van der Waals surface area (Å²) in [4.78, 5) is 26.9. The molecule has 1 aromatic carbocycles. The van der Waals surface area contributed by atoms with Gasteiger partial charge in [0.15, 0.2) is 5.69 Å². The summed E-state index contributed by atoms with van der Waals surface area (Å²) in [6.45, 7) is 3.60. The number of carbonyl (C=O) groups excluding carboxylic acids is 1. The van der Waals surface area contributed by atoms with Gasteiger partial charge in [-0.05, 0) is 19.4 Å². The third-order valence-corrected chi connectivity index (χ3v) is 3.84. The Bertz CT molecular complexity index is 694. The third kappa shape index (κ3) is 2.53. The summed E-state index contributed by atoms with van der Waals surface area (Å²) < 4.78 is 4.66. The lowest BCUT2D eigenvalue weighted by atomic mass is 10.1. The number of thiazole rings is 1. The maximum absolute atomic E-state index is 11.6. The summed E-state index contributed by atoms with van der Waals surface area (Å²) >= 11 is 1.31. The highest BCUT2D eigenvalue weighted by Crippen LogP contribution is 2.32. The molecular weight excluding hydrogens is 280 g/mol. The van der Waals surface area contributed by atoms with Crippen LogP contribution < -0.4 is 0 Å². The molecule has 6 nitrogen and oxygen atoms in total. The van der Waals surface area contributed by atoms with Crippen molar-refractivity contribution in [3.63, 3.8) is 0 Å². The number of benzene rings is 1. The second kappa shape index (κ2) is 5.38. The van der Waals surface area contributed by atoms with Gasteiger partial charge in [-0.15, -0.1) is 11.3 Å². The van der Waals surface area contributed by atoms with Crippen molar-refractivity contribution in [2.45, 2.75) is 13.8 Å². The Labute approximate surface area is 119 Å². The number of carbonyl (C=O) groups is 1. The number of aromatic nitrogens is 1. The van der Waals surface area contributed by atoms with Crippen LogP contribution >= 0.6 is 11.3 Å². The molecule has 2 aromatic rings. The van der Waals surface area contributed by atoms with Crippen LogP contribution in [-0.4, -0.2) is 23.0 Å². The zero-order valence-electron chi connectivity index (χ0n) is 11.2. The lowest BCUT2D eigenvalue weighted by Gasteiger charge is -2.01. The first kappa shape index (κ1) is 14.1. The summed E-state index contributed by atoms with van der Waals surface area (Å²) in [6.07, 6.45) is 0. The van der Waals surface area contributed by atoms with E-state index in [0.717, 1.165) is 10.4 Å². The molecule has 0 bridgehead atoms. The number of esters is 1. The maximum atomic E-state index is 11.6. The van der Waals surface area contributed by atoms with E-state index < -0.39 is 10.9 Å². The van der Waals surface area contributed by atoms with Crippen LogP contribution in [0.4, 0.5) is 5.69 Å². The molecule has 1 aromatic heterocycles. The van der Waals surface area contributed by atoms with Crippen molar-refractivity contribution in [2.75, 3.05) is 7.11 Å². The van der Waals surface area contributed by atoms with Crippen LogP contribution in [0.25, 0.3) is 10.6 Å². The topological polar surface area (TPSA) is 82.3 Å². The number of rotatable bonds is 3. The minimum atomic E-state index is -0.506. The van der Waals surface area contributed by atoms with Gasteiger partial charge in [-0.25, -0.2) is 9.78 Å². The van der Waals surface area contributed by atoms with Crippen LogP contribution in [0.3, 0.4) is 0 Å². The molecule has 0 N–H and O–H groups in total. The van der Waals surface area contributed by atoms with Crippen LogP contribution in [-0.2, 0) is 4.74 Å². The Balaban J connectivity index is 2.54. The molecule has 0 amide bonds. The highest BCUT2D eigenvalue weighted by molar-refractivity contribution is 7.15. The van der Waals surface area contributed by atoms with Gasteiger partial charge in [-0.2, -0.15) is 0 Å². The predicted molar refractivity (Wildman–Crippen MR) is 75.0 cm³/mol. The molecular formula is C13H12N2O4S. The van der Waals surface area contributed by atoms with Gasteiger partial charge in [0, 0.05) is 22.6 Å². The smallest absolute Gasteiger partial charge is 0.357 e. The highest BCUT2D eigenvalue weighted by atomic mass is 32.1. The van der Waals surface area contributed by atoms with E-state index in [1.807, 2.05) is 6.92 Å². The molecule has 104 valence electrons. The van der Waals surface area contributed by atoms with E-state index in [-0.39, 0.29) is 11.4 Å². The number of nitro groups is 1. The number of aryl methyl sites for hydroxylation is 2. The number of non-ortho nitro benzene ring substituents is 1. The zero-order valence-corrected chi connectivity index (χ0v) is 12.0. The summed E-state index contributed by atoms with van der Waals surface area (Å²) in [5.74, 6) is -0.506. The van der Waals surface area contributed by atoms with Gasteiger partial charge in [0.05, 0.1) is 12.0 Å².